The van der Waals surface area contributed by atoms with Gasteiger partial charge in [0.15, 0.2) is 0 Å². The van der Waals surface area contributed by atoms with Crippen LogP contribution in [-0.2, 0) is 10.0 Å². The standard InChI is InChI=1S/C28H35N3O4S/c1-6-31(5)23-13-14-25(21(3)19-23)30-36(33,34)27-11-8-7-10-24(27)28(32)29-16-9-17-35-26-15-12-20(2)18-22(26)4/h7-8,10-15,18-19,30H,6,9,16-17H2,1-5H3,(H,29,32). The van der Waals surface area contributed by atoms with E-state index in [4.69, 9.17) is 4.74 Å². The number of hydrogen-bond acceptors (Lipinski definition) is 5. The van der Waals surface area contributed by atoms with Gasteiger partial charge < -0.3 is 15.0 Å². The molecule has 8 heteroatoms. The van der Waals surface area contributed by atoms with Crippen LogP contribution in [0.3, 0.4) is 0 Å². The Hall–Kier alpha value is -3.52. The molecule has 0 aromatic heterocycles. The number of amides is 1. The lowest BCUT2D eigenvalue weighted by Gasteiger charge is -2.19. The maximum Gasteiger partial charge on any atom is 0.262 e. The number of rotatable bonds is 11. The number of benzene rings is 3. The van der Waals surface area contributed by atoms with E-state index >= 15 is 0 Å². The summed E-state index contributed by atoms with van der Waals surface area (Å²) in [6.45, 7) is 9.56. The minimum Gasteiger partial charge on any atom is -0.493 e. The molecule has 0 saturated heterocycles. The van der Waals surface area contributed by atoms with Gasteiger partial charge in [0.05, 0.1) is 17.9 Å². The van der Waals surface area contributed by atoms with Crippen LogP contribution in [0.2, 0.25) is 0 Å². The lowest BCUT2D eigenvalue weighted by atomic mass is 10.1. The van der Waals surface area contributed by atoms with E-state index in [2.05, 4.69) is 21.0 Å². The molecule has 0 aliphatic carbocycles. The predicted octanol–water partition coefficient (Wildman–Crippen LogP) is 5.07. The average Bonchev–Trinajstić information content (AvgIpc) is 2.85. The van der Waals surface area contributed by atoms with Crippen molar-refractivity contribution in [1.29, 1.82) is 0 Å². The summed E-state index contributed by atoms with van der Waals surface area (Å²) in [5, 5.41) is 2.81. The van der Waals surface area contributed by atoms with E-state index in [1.807, 2.05) is 59.0 Å². The molecular formula is C28H35N3O4S. The number of ether oxygens (including phenoxy) is 1. The van der Waals surface area contributed by atoms with Gasteiger partial charge in [-0.3, -0.25) is 9.52 Å². The molecule has 0 aliphatic rings. The van der Waals surface area contributed by atoms with Crippen LogP contribution in [0.4, 0.5) is 11.4 Å². The highest BCUT2D eigenvalue weighted by atomic mass is 32.2. The normalized spacial score (nSPS) is 11.1. The smallest absolute Gasteiger partial charge is 0.262 e. The van der Waals surface area contributed by atoms with Gasteiger partial charge in [0, 0.05) is 25.8 Å². The molecule has 0 aliphatic heterocycles. The summed E-state index contributed by atoms with van der Waals surface area (Å²) in [5.74, 6) is 0.373. The molecule has 3 aromatic rings. The van der Waals surface area contributed by atoms with E-state index in [9.17, 15) is 13.2 Å². The van der Waals surface area contributed by atoms with E-state index in [0.717, 1.165) is 29.1 Å². The van der Waals surface area contributed by atoms with Crippen LogP contribution in [0.15, 0.2) is 65.6 Å². The van der Waals surface area contributed by atoms with Crippen LogP contribution >= 0.6 is 0 Å². The second kappa shape index (κ2) is 11.9. The molecule has 192 valence electrons. The molecular weight excluding hydrogens is 474 g/mol. The number of anilines is 2. The maximum atomic E-state index is 13.2. The van der Waals surface area contributed by atoms with Crippen molar-refractivity contribution >= 4 is 27.3 Å². The fraction of sp³-hybridized carbons (Fsp3) is 0.321. The Morgan fingerprint density at radius 2 is 1.72 bits per heavy atom. The molecule has 0 bridgehead atoms. The van der Waals surface area contributed by atoms with Crippen molar-refractivity contribution in [2.75, 3.05) is 36.4 Å². The minimum atomic E-state index is -3.98. The fourth-order valence-electron chi connectivity index (χ4n) is 3.78. The maximum absolute atomic E-state index is 13.2. The highest BCUT2D eigenvalue weighted by molar-refractivity contribution is 7.92. The molecule has 0 spiro atoms. The van der Waals surface area contributed by atoms with Gasteiger partial charge >= 0.3 is 0 Å². The van der Waals surface area contributed by atoms with Crippen molar-refractivity contribution in [2.24, 2.45) is 0 Å². The number of aryl methyl sites for hydroxylation is 3. The molecule has 1 amide bonds. The quantitative estimate of drug-likeness (QED) is 0.353. The van der Waals surface area contributed by atoms with Crippen molar-refractivity contribution < 1.29 is 17.9 Å². The van der Waals surface area contributed by atoms with Crippen LogP contribution in [0.1, 0.15) is 40.4 Å². The van der Waals surface area contributed by atoms with Gasteiger partial charge in [-0.1, -0.05) is 29.8 Å². The molecule has 3 rings (SSSR count). The highest BCUT2D eigenvalue weighted by Gasteiger charge is 2.23. The Balaban J connectivity index is 1.64. The second-order valence-electron chi connectivity index (χ2n) is 8.84. The Morgan fingerprint density at radius 1 is 0.972 bits per heavy atom. The molecule has 7 nitrogen and oxygen atoms in total. The first kappa shape index (κ1) is 27.1. The first-order chi connectivity index (χ1) is 17.1. The number of nitrogens with zero attached hydrogens (tertiary/aromatic N) is 1. The van der Waals surface area contributed by atoms with E-state index < -0.39 is 15.9 Å². The van der Waals surface area contributed by atoms with Gasteiger partial charge in [-0.2, -0.15) is 0 Å². The van der Waals surface area contributed by atoms with Crippen molar-refractivity contribution in [3.8, 4) is 5.75 Å². The molecule has 0 unspecified atom stereocenters. The first-order valence-corrected chi connectivity index (χ1v) is 13.5. The average molecular weight is 510 g/mol. The highest BCUT2D eigenvalue weighted by Crippen LogP contribution is 2.26. The Labute approximate surface area is 214 Å². The molecule has 0 saturated carbocycles. The van der Waals surface area contributed by atoms with Crippen molar-refractivity contribution in [2.45, 2.75) is 39.0 Å². The summed E-state index contributed by atoms with van der Waals surface area (Å²) in [6.07, 6.45) is 0.587. The molecule has 2 N–H and O–H groups in total. The third-order valence-corrected chi connectivity index (χ3v) is 7.41. The zero-order valence-corrected chi connectivity index (χ0v) is 22.4. The van der Waals surface area contributed by atoms with Gasteiger partial charge in [-0.15, -0.1) is 0 Å². The number of hydrogen-bond donors (Lipinski definition) is 2. The van der Waals surface area contributed by atoms with Gasteiger partial charge in [0.2, 0.25) is 0 Å². The largest absolute Gasteiger partial charge is 0.493 e. The summed E-state index contributed by atoms with van der Waals surface area (Å²) in [4.78, 5) is 14.9. The topological polar surface area (TPSA) is 87.7 Å². The lowest BCUT2D eigenvalue weighted by Crippen LogP contribution is -2.28. The van der Waals surface area contributed by atoms with E-state index in [0.29, 0.717) is 25.3 Å². The van der Waals surface area contributed by atoms with E-state index in [1.165, 1.54) is 17.7 Å². The SMILES string of the molecule is CCN(C)c1ccc(NS(=O)(=O)c2ccccc2C(=O)NCCCOc2ccc(C)cc2C)c(C)c1. The van der Waals surface area contributed by atoms with Crippen LogP contribution in [0.5, 0.6) is 5.75 Å². The Bertz CT molecular complexity index is 1320. The third-order valence-electron chi connectivity index (χ3n) is 5.99. The summed E-state index contributed by atoms with van der Waals surface area (Å²) in [6, 6.07) is 17.7. The predicted molar refractivity (Wildman–Crippen MR) is 146 cm³/mol. The molecule has 0 radical (unpaired) electrons. The molecule has 0 heterocycles. The van der Waals surface area contributed by atoms with E-state index in [1.54, 1.807) is 18.2 Å². The Kier molecular flexibility index (Phi) is 8.98. The lowest BCUT2D eigenvalue weighted by molar-refractivity contribution is 0.0948. The van der Waals surface area contributed by atoms with Crippen LogP contribution in [0.25, 0.3) is 0 Å². The zero-order chi connectivity index (χ0) is 26.3. The number of carbonyl (C=O) groups excluding carboxylic acids is 1. The second-order valence-corrected chi connectivity index (χ2v) is 10.5. The van der Waals surface area contributed by atoms with Crippen molar-refractivity contribution in [3.05, 3.63) is 82.9 Å². The molecule has 0 fully saturated rings. The Morgan fingerprint density at radius 3 is 2.42 bits per heavy atom. The minimum absolute atomic E-state index is 0.0665. The van der Waals surface area contributed by atoms with Crippen molar-refractivity contribution in [3.63, 3.8) is 0 Å². The van der Waals surface area contributed by atoms with Gasteiger partial charge in [-0.05, 0) is 81.6 Å². The summed E-state index contributed by atoms with van der Waals surface area (Å²) in [5.41, 5.74) is 4.60. The van der Waals surface area contributed by atoms with Gasteiger partial charge in [0.1, 0.15) is 10.6 Å². The van der Waals surface area contributed by atoms with Crippen LogP contribution in [-0.4, -0.2) is 41.1 Å². The zero-order valence-electron chi connectivity index (χ0n) is 21.6. The van der Waals surface area contributed by atoms with Gasteiger partial charge in [-0.25, -0.2) is 8.42 Å². The molecule has 0 atom stereocenters. The number of nitrogens with one attached hydrogen (secondary N) is 2. The summed E-state index contributed by atoms with van der Waals surface area (Å²) in [7, 11) is -2.00. The first-order valence-electron chi connectivity index (χ1n) is 12.0. The number of carbonyl (C=O) groups is 1. The fourth-order valence-corrected chi connectivity index (χ4v) is 5.12. The van der Waals surface area contributed by atoms with Crippen LogP contribution < -0.4 is 19.7 Å². The third kappa shape index (κ3) is 6.79. The summed E-state index contributed by atoms with van der Waals surface area (Å²) < 4.78 is 34.9. The van der Waals surface area contributed by atoms with Crippen LogP contribution in [0, 0.1) is 20.8 Å². The van der Waals surface area contributed by atoms with E-state index in [-0.39, 0.29) is 10.5 Å². The summed E-state index contributed by atoms with van der Waals surface area (Å²) >= 11 is 0. The van der Waals surface area contributed by atoms with Gasteiger partial charge in [0.25, 0.3) is 15.9 Å². The number of sulfonamides is 1. The monoisotopic (exact) mass is 509 g/mol. The van der Waals surface area contributed by atoms with Crippen molar-refractivity contribution in [1.82, 2.24) is 5.32 Å². The molecule has 36 heavy (non-hydrogen) atoms. The molecule has 3 aromatic carbocycles.